The molecule has 24 heavy (non-hydrogen) atoms. The Kier molecular flexibility index (Phi) is 5.13. The van der Waals surface area contributed by atoms with Crippen LogP contribution >= 0.6 is 27.7 Å². The summed E-state index contributed by atoms with van der Waals surface area (Å²) in [5.41, 5.74) is 2.06. The molecule has 0 aliphatic carbocycles. The van der Waals surface area contributed by atoms with E-state index in [9.17, 15) is 5.11 Å². The summed E-state index contributed by atoms with van der Waals surface area (Å²) in [5, 5.41) is 15.7. The smallest absolute Gasteiger partial charge is 0.314 e. The van der Waals surface area contributed by atoms with E-state index in [2.05, 4.69) is 46.9 Å². The van der Waals surface area contributed by atoms with Gasteiger partial charge in [-0.25, -0.2) is 9.89 Å². The molecule has 5 heteroatoms. The predicted octanol–water partition coefficient (Wildman–Crippen LogP) is 4.32. The number of halogens is 1. The highest BCUT2D eigenvalue weighted by Crippen LogP contribution is 2.35. The van der Waals surface area contributed by atoms with E-state index >= 15 is 0 Å². The van der Waals surface area contributed by atoms with Crippen LogP contribution in [0.1, 0.15) is 11.1 Å². The molecule has 1 aliphatic heterocycles. The molecule has 0 fully saturated rings. The first-order chi connectivity index (χ1) is 11.5. The SMILES string of the molecule is C=CC[N+]1=C(Nc2ccc(C)cc2)SCC1(O)c1ccc(Br)cc1. The van der Waals surface area contributed by atoms with Gasteiger partial charge in [0.1, 0.15) is 12.2 Å². The molecule has 1 aliphatic rings. The summed E-state index contributed by atoms with van der Waals surface area (Å²) in [6.45, 7) is 6.47. The third kappa shape index (κ3) is 3.43. The number of aliphatic hydroxyl groups is 1. The van der Waals surface area contributed by atoms with Crippen LogP contribution in [0.4, 0.5) is 5.69 Å². The van der Waals surface area contributed by atoms with E-state index in [0.717, 1.165) is 20.9 Å². The molecule has 2 aromatic carbocycles. The zero-order valence-electron chi connectivity index (χ0n) is 13.5. The Morgan fingerprint density at radius 3 is 2.54 bits per heavy atom. The lowest BCUT2D eigenvalue weighted by atomic mass is 10.0. The molecule has 3 rings (SSSR count). The van der Waals surface area contributed by atoms with Crippen LogP contribution in [0.5, 0.6) is 0 Å². The number of benzene rings is 2. The zero-order chi connectivity index (χ0) is 17.2. The van der Waals surface area contributed by atoms with Crippen molar-refractivity contribution in [2.45, 2.75) is 12.6 Å². The van der Waals surface area contributed by atoms with Crippen LogP contribution in [0.25, 0.3) is 0 Å². The van der Waals surface area contributed by atoms with Crippen molar-refractivity contribution in [3.8, 4) is 0 Å². The molecule has 0 spiro atoms. The standard InChI is InChI=1S/C19H19BrN2OS/c1-3-12-22-18(21-17-10-4-14(2)5-11-17)24-13-19(22,23)15-6-8-16(20)9-7-15/h3-11,23H,1,12-13H2,2H3/p+1. The Hall–Kier alpha value is -1.56. The van der Waals surface area contributed by atoms with Crippen LogP contribution in [0.3, 0.4) is 0 Å². The number of nitrogens with one attached hydrogen (secondary N) is 1. The number of anilines is 1. The van der Waals surface area contributed by atoms with Gasteiger partial charge in [0.25, 0.3) is 0 Å². The van der Waals surface area contributed by atoms with Gasteiger partial charge in [0.05, 0.1) is 5.75 Å². The van der Waals surface area contributed by atoms with Gasteiger partial charge in [-0.15, -0.1) is 0 Å². The Balaban J connectivity index is 1.96. The molecule has 1 unspecified atom stereocenters. The van der Waals surface area contributed by atoms with Crippen LogP contribution in [0.15, 0.2) is 65.7 Å². The zero-order valence-corrected chi connectivity index (χ0v) is 15.9. The lowest BCUT2D eigenvalue weighted by molar-refractivity contribution is -0.650. The van der Waals surface area contributed by atoms with Crippen molar-refractivity contribution in [1.82, 2.24) is 0 Å². The van der Waals surface area contributed by atoms with Crippen molar-refractivity contribution < 1.29 is 9.68 Å². The summed E-state index contributed by atoms with van der Waals surface area (Å²) < 4.78 is 2.96. The molecule has 0 bridgehead atoms. The second-order valence-electron chi connectivity index (χ2n) is 5.81. The van der Waals surface area contributed by atoms with Gasteiger partial charge in [-0.3, -0.25) is 0 Å². The maximum Gasteiger partial charge on any atom is 0.314 e. The first-order valence-corrected chi connectivity index (χ1v) is 9.51. The molecule has 0 saturated heterocycles. The van der Waals surface area contributed by atoms with Gasteiger partial charge in [0.2, 0.25) is 5.72 Å². The number of hydrogen-bond acceptors (Lipinski definition) is 3. The first-order valence-electron chi connectivity index (χ1n) is 7.73. The maximum absolute atomic E-state index is 11.3. The fraction of sp³-hybridized carbons (Fsp3) is 0.211. The highest BCUT2D eigenvalue weighted by molar-refractivity contribution is 9.10. The summed E-state index contributed by atoms with van der Waals surface area (Å²) in [6, 6.07) is 16.1. The second kappa shape index (κ2) is 7.13. The molecule has 2 N–H and O–H groups in total. The van der Waals surface area contributed by atoms with Crippen LogP contribution < -0.4 is 5.32 Å². The van der Waals surface area contributed by atoms with Crippen LogP contribution in [-0.4, -0.2) is 27.1 Å². The number of nitrogens with zero attached hydrogens (tertiary/aromatic N) is 1. The molecule has 1 heterocycles. The van der Waals surface area contributed by atoms with E-state index in [-0.39, 0.29) is 0 Å². The molecular formula is C19H20BrN2OS+. The minimum absolute atomic E-state index is 0.563. The van der Waals surface area contributed by atoms with Crippen molar-refractivity contribution in [2.24, 2.45) is 0 Å². The highest BCUT2D eigenvalue weighted by Gasteiger charge is 2.45. The molecule has 0 amide bonds. The molecular weight excluding hydrogens is 384 g/mol. The Bertz CT molecular complexity index is 771. The van der Waals surface area contributed by atoms with E-state index in [0.29, 0.717) is 12.3 Å². The van der Waals surface area contributed by atoms with Gasteiger partial charge >= 0.3 is 5.17 Å². The fourth-order valence-electron chi connectivity index (χ4n) is 2.68. The van der Waals surface area contributed by atoms with E-state index in [1.165, 1.54) is 5.56 Å². The minimum Gasteiger partial charge on any atom is -0.349 e. The largest absolute Gasteiger partial charge is 0.349 e. The third-order valence-electron chi connectivity index (χ3n) is 4.02. The van der Waals surface area contributed by atoms with Crippen molar-refractivity contribution in [2.75, 3.05) is 17.6 Å². The Morgan fingerprint density at radius 2 is 1.92 bits per heavy atom. The molecule has 3 nitrogen and oxygen atoms in total. The number of rotatable bonds is 4. The minimum atomic E-state index is -1.05. The number of amidine groups is 1. The predicted molar refractivity (Wildman–Crippen MR) is 106 cm³/mol. The van der Waals surface area contributed by atoms with Crippen LogP contribution in [0, 0.1) is 6.92 Å². The van der Waals surface area contributed by atoms with Crippen molar-refractivity contribution in [3.05, 3.63) is 76.8 Å². The van der Waals surface area contributed by atoms with Crippen LogP contribution in [0.2, 0.25) is 0 Å². The summed E-state index contributed by atoms with van der Waals surface area (Å²) in [5.74, 6) is 0.566. The van der Waals surface area contributed by atoms with E-state index in [1.807, 2.05) is 47.0 Å². The Morgan fingerprint density at radius 1 is 1.25 bits per heavy atom. The summed E-state index contributed by atoms with van der Waals surface area (Å²) in [6.07, 6.45) is 1.81. The topological polar surface area (TPSA) is 35.3 Å². The lowest BCUT2D eigenvalue weighted by Gasteiger charge is -2.23. The Labute approximate surface area is 155 Å². The van der Waals surface area contributed by atoms with Crippen molar-refractivity contribution in [1.29, 1.82) is 0 Å². The molecule has 0 aromatic heterocycles. The van der Waals surface area contributed by atoms with E-state index in [4.69, 9.17) is 0 Å². The summed E-state index contributed by atoms with van der Waals surface area (Å²) in [4.78, 5) is 0. The average molecular weight is 404 g/mol. The normalized spacial score (nSPS) is 20.3. The quantitative estimate of drug-likeness (QED) is 0.589. The van der Waals surface area contributed by atoms with Crippen LogP contribution in [-0.2, 0) is 5.72 Å². The monoisotopic (exact) mass is 403 g/mol. The van der Waals surface area contributed by atoms with Gasteiger partial charge < -0.3 is 5.11 Å². The summed E-state index contributed by atoms with van der Waals surface area (Å²) >= 11 is 5.06. The van der Waals surface area contributed by atoms with Gasteiger partial charge in [-0.05, 0) is 43.0 Å². The second-order valence-corrected chi connectivity index (χ2v) is 7.69. The maximum atomic E-state index is 11.3. The first kappa shape index (κ1) is 17.3. The molecule has 2 aromatic rings. The van der Waals surface area contributed by atoms with Crippen molar-refractivity contribution in [3.63, 3.8) is 0 Å². The van der Waals surface area contributed by atoms with Gasteiger partial charge in [-0.1, -0.05) is 58.4 Å². The van der Waals surface area contributed by atoms with Crippen molar-refractivity contribution >= 4 is 38.5 Å². The van der Waals surface area contributed by atoms with Gasteiger partial charge in [0, 0.05) is 10.0 Å². The lowest BCUT2D eigenvalue weighted by Crippen LogP contribution is -2.40. The van der Waals surface area contributed by atoms with E-state index in [1.54, 1.807) is 11.8 Å². The molecule has 0 radical (unpaired) electrons. The summed E-state index contributed by atoms with van der Waals surface area (Å²) in [7, 11) is 0. The molecule has 0 saturated carbocycles. The molecule has 124 valence electrons. The number of thioether (sulfide) groups is 1. The van der Waals surface area contributed by atoms with E-state index < -0.39 is 5.72 Å². The molecule has 1 atom stereocenters. The third-order valence-corrected chi connectivity index (χ3v) is 5.69. The highest BCUT2D eigenvalue weighted by atomic mass is 79.9. The fourth-order valence-corrected chi connectivity index (χ4v) is 4.17. The number of hydrogen-bond donors (Lipinski definition) is 2. The number of aryl methyl sites for hydroxylation is 1. The van der Waals surface area contributed by atoms with Gasteiger partial charge in [0.15, 0.2) is 0 Å². The van der Waals surface area contributed by atoms with Gasteiger partial charge in [-0.2, -0.15) is 0 Å². The average Bonchev–Trinajstić information content (AvgIpc) is 2.88.